The summed E-state index contributed by atoms with van der Waals surface area (Å²) in [6.45, 7) is 4.67. The third-order valence-electron chi connectivity index (χ3n) is 11.2. The minimum absolute atomic E-state index is 0.203. The van der Waals surface area contributed by atoms with E-state index in [1.165, 1.54) is 38.5 Å². The van der Waals surface area contributed by atoms with Gasteiger partial charge in [-0.25, -0.2) is 0 Å². The molecule has 2 N–H and O–H groups in total. The highest BCUT2D eigenvalue weighted by Crippen LogP contribution is 2.68. The first kappa shape index (κ1) is 20.2. The van der Waals surface area contributed by atoms with Crippen molar-refractivity contribution in [2.45, 2.75) is 89.3 Å². The van der Waals surface area contributed by atoms with Gasteiger partial charge in [0.05, 0.1) is 18.2 Å². The highest BCUT2D eigenvalue weighted by atomic mass is 16.3. The average molecular weight is 416 g/mol. The lowest BCUT2D eigenvalue weighted by Gasteiger charge is -2.56. The molecule has 2 unspecified atom stereocenters. The molecule has 10 atom stereocenters. The van der Waals surface area contributed by atoms with E-state index < -0.39 is 0 Å². The van der Waals surface area contributed by atoms with Gasteiger partial charge < -0.3 is 10.2 Å². The number of nitrogens with zero attached hydrogens (tertiary/aromatic N) is 1. The average Bonchev–Trinajstić information content (AvgIpc) is 3.28. The van der Waals surface area contributed by atoms with Gasteiger partial charge in [-0.05, 0) is 118 Å². The Morgan fingerprint density at radius 3 is 2.43 bits per heavy atom. The molecule has 168 valence electrons. The lowest BCUT2D eigenvalue weighted by molar-refractivity contribution is -0.132. The number of β-amino-alcohol motifs (C(OH)–C–C–N with tert-alkyl or cyclic N) is 1. The first-order chi connectivity index (χ1) is 14.4. The highest BCUT2D eigenvalue weighted by Gasteiger charge is 2.65. The molecule has 0 amide bonds. The summed E-state index contributed by atoms with van der Waals surface area (Å²) < 4.78 is 0. The van der Waals surface area contributed by atoms with Crippen LogP contribution in [0.5, 0.6) is 0 Å². The maximum atomic E-state index is 13.4. The van der Waals surface area contributed by atoms with Gasteiger partial charge in [0.1, 0.15) is 5.78 Å². The van der Waals surface area contributed by atoms with Crippen molar-refractivity contribution < 1.29 is 15.0 Å². The van der Waals surface area contributed by atoms with E-state index >= 15 is 0 Å². The van der Waals surface area contributed by atoms with Crippen LogP contribution in [0.1, 0.15) is 77.6 Å². The largest absolute Gasteiger partial charge is 0.392 e. The summed E-state index contributed by atoms with van der Waals surface area (Å²) in [5.41, 5.74) is -0.0709. The first-order valence-electron chi connectivity index (χ1n) is 13.0. The third kappa shape index (κ3) is 2.99. The predicted molar refractivity (Wildman–Crippen MR) is 116 cm³/mol. The molecule has 1 saturated heterocycles. The van der Waals surface area contributed by atoms with Crippen LogP contribution in [-0.2, 0) is 4.79 Å². The number of rotatable bonds is 3. The molecule has 0 bridgehead atoms. The second-order valence-corrected chi connectivity index (χ2v) is 12.5. The lowest BCUT2D eigenvalue weighted by atomic mass is 9.49. The molecule has 6 aliphatic rings. The topological polar surface area (TPSA) is 60.8 Å². The van der Waals surface area contributed by atoms with Crippen molar-refractivity contribution in [3.63, 3.8) is 0 Å². The summed E-state index contributed by atoms with van der Waals surface area (Å²) in [7, 11) is 0. The number of fused-ring (bicyclic) bond motifs is 7. The van der Waals surface area contributed by atoms with Gasteiger partial charge in [0, 0.05) is 12.5 Å². The minimum Gasteiger partial charge on any atom is -0.392 e. The Morgan fingerprint density at radius 1 is 0.933 bits per heavy atom. The summed E-state index contributed by atoms with van der Waals surface area (Å²) in [5.74, 6) is 5.37. The molecule has 0 radical (unpaired) electrons. The summed E-state index contributed by atoms with van der Waals surface area (Å²) >= 11 is 0. The molecule has 0 spiro atoms. The zero-order valence-electron chi connectivity index (χ0n) is 18.8. The zero-order chi connectivity index (χ0) is 20.7. The Bertz CT molecular complexity index is 710. The zero-order valence-corrected chi connectivity index (χ0v) is 18.8. The van der Waals surface area contributed by atoms with Gasteiger partial charge >= 0.3 is 0 Å². The maximum Gasteiger partial charge on any atom is 0.150 e. The second kappa shape index (κ2) is 7.02. The Balaban J connectivity index is 1.15. The van der Waals surface area contributed by atoms with E-state index in [1.807, 2.05) is 0 Å². The van der Waals surface area contributed by atoms with Gasteiger partial charge in [0.2, 0.25) is 0 Å². The van der Waals surface area contributed by atoms with Crippen LogP contribution in [-0.4, -0.2) is 52.2 Å². The normalized spacial score (nSPS) is 55.2. The number of carbonyl (C=O) groups excluding carboxylic acids is 1. The van der Waals surface area contributed by atoms with Crippen molar-refractivity contribution in [2.75, 3.05) is 19.6 Å². The fourth-order valence-electron chi connectivity index (χ4n) is 9.72. The van der Waals surface area contributed by atoms with Gasteiger partial charge in [0.15, 0.2) is 0 Å². The van der Waals surface area contributed by atoms with Gasteiger partial charge in [-0.2, -0.15) is 0 Å². The van der Waals surface area contributed by atoms with Crippen LogP contribution in [0.15, 0.2) is 0 Å². The fourth-order valence-corrected chi connectivity index (χ4v) is 9.72. The molecule has 1 heterocycles. The van der Waals surface area contributed by atoms with Gasteiger partial charge in [-0.3, -0.25) is 9.69 Å². The van der Waals surface area contributed by atoms with Crippen LogP contribution in [0.3, 0.4) is 0 Å². The molecule has 4 heteroatoms. The maximum absolute atomic E-state index is 13.4. The number of hydrogen-bond acceptors (Lipinski definition) is 4. The van der Waals surface area contributed by atoms with Gasteiger partial charge in [0.25, 0.3) is 0 Å². The Kier molecular flexibility index (Phi) is 4.72. The van der Waals surface area contributed by atoms with Crippen molar-refractivity contribution in [1.82, 2.24) is 4.90 Å². The number of Topliss-reactive ketones (excluding diaryl/α,β-unsaturated/α-hetero) is 1. The van der Waals surface area contributed by atoms with E-state index in [2.05, 4.69) is 11.8 Å². The quantitative estimate of drug-likeness (QED) is 0.739. The van der Waals surface area contributed by atoms with Gasteiger partial charge in [-0.15, -0.1) is 0 Å². The Labute approximate surface area is 181 Å². The Morgan fingerprint density at radius 2 is 1.67 bits per heavy atom. The summed E-state index contributed by atoms with van der Waals surface area (Å²) in [6.07, 6.45) is 12.6. The van der Waals surface area contributed by atoms with Crippen LogP contribution >= 0.6 is 0 Å². The number of aliphatic hydroxyl groups is 2. The van der Waals surface area contributed by atoms with Crippen molar-refractivity contribution in [3.05, 3.63) is 0 Å². The number of carbonyl (C=O) groups is 1. The van der Waals surface area contributed by atoms with Crippen molar-refractivity contribution >= 4 is 5.78 Å². The van der Waals surface area contributed by atoms with Crippen LogP contribution in [0, 0.1) is 46.8 Å². The molecule has 4 nitrogen and oxygen atoms in total. The number of ketones is 1. The van der Waals surface area contributed by atoms with Crippen LogP contribution in [0.2, 0.25) is 0 Å². The fraction of sp³-hybridized carbons (Fsp3) is 0.962. The molecular formula is C26H41NO3. The van der Waals surface area contributed by atoms with E-state index in [0.717, 1.165) is 68.2 Å². The van der Waals surface area contributed by atoms with Crippen LogP contribution in [0.4, 0.5) is 0 Å². The SMILES string of the molecule is C[C@]12CC[C@@H]3[C@H]4CC[C@]5(O)CC5[C@H]4CC[C@H]3[C@@H]1CC[C@@H]2C(=O)CN1CCCC(O)C1. The molecule has 0 aromatic carbocycles. The van der Waals surface area contributed by atoms with E-state index in [0.29, 0.717) is 24.8 Å². The van der Waals surface area contributed by atoms with Crippen LogP contribution in [0.25, 0.3) is 0 Å². The van der Waals surface area contributed by atoms with E-state index in [9.17, 15) is 15.0 Å². The molecule has 6 rings (SSSR count). The van der Waals surface area contributed by atoms with E-state index in [-0.39, 0.29) is 23.0 Å². The molecule has 6 fully saturated rings. The summed E-state index contributed by atoms with van der Waals surface area (Å²) in [6, 6.07) is 0. The third-order valence-corrected chi connectivity index (χ3v) is 11.2. The molecular weight excluding hydrogens is 374 g/mol. The number of hydrogen-bond donors (Lipinski definition) is 2. The smallest absolute Gasteiger partial charge is 0.150 e. The van der Waals surface area contributed by atoms with E-state index in [4.69, 9.17) is 0 Å². The summed E-state index contributed by atoms with van der Waals surface area (Å²) in [4.78, 5) is 15.6. The number of aliphatic hydroxyl groups excluding tert-OH is 1. The van der Waals surface area contributed by atoms with E-state index in [1.54, 1.807) is 0 Å². The van der Waals surface area contributed by atoms with Crippen molar-refractivity contribution in [2.24, 2.45) is 46.8 Å². The van der Waals surface area contributed by atoms with Gasteiger partial charge in [-0.1, -0.05) is 6.92 Å². The predicted octanol–water partition coefficient (Wildman–Crippen LogP) is 3.64. The molecule has 5 saturated carbocycles. The molecule has 30 heavy (non-hydrogen) atoms. The molecule has 0 aromatic rings. The number of piperidine rings is 1. The van der Waals surface area contributed by atoms with Crippen molar-refractivity contribution in [1.29, 1.82) is 0 Å². The second-order valence-electron chi connectivity index (χ2n) is 12.5. The standard InChI is InChI=1S/C26H41NO3/c1-25-10-8-17-18-9-11-26(30)13-23(26)20(18)5-4-19(17)21(25)6-7-22(25)24(29)15-27-12-2-3-16(28)14-27/h16-23,28,30H,2-15H2,1H3/t16?,17-,18-,19-,20+,21+,22-,23?,25+,26+/m1/s1. The summed E-state index contributed by atoms with van der Waals surface area (Å²) in [5, 5.41) is 20.7. The molecule has 0 aromatic heterocycles. The highest BCUT2D eigenvalue weighted by molar-refractivity contribution is 5.84. The van der Waals surface area contributed by atoms with Crippen LogP contribution < -0.4 is 0 Å². The lowest BCUT2D eigenvalue weighted by Crippen LogP contribution is -2.51. The first-order valence-corrected chi connectivity index (χ1v) is 13.0. The minimum atomic E-state index is -0.274. The molecule has 1 aliphatic heterocycles. The van der Waals surface area contributed by atoms with Crippen molar-refractivity contribution in [3.8, 4) is 0 Å². The monoisotopic (exact) mass is 415 g/mol. The number of likely N-dealkylation sites (tertiary alicyclic amines) is 1. The Hall–Kier alpha value is -0.450. The molecule has 5 aliphatic carbocycles.